The molecule has 0 unspecified atom stereocenters. The summed E-state index contributed by atoms with van der Waals surface area (Å²) in [6.07, 6.45) is 0.709. The summed E-state index contributed by atoms with van der Waals surface area (Å²) in [5.74, 6) is -0.301. The second-order valence-electron chi connectivity index (χ2n) is 3.99. The number of benzene rings is 1. The third kappa shape index (κ3) is 3.18. The highest BCUT2D eigenvalue weighted by Crippen LogP contribution is 2.31. The second kappa shape index (κ2) is 6.25. The first-order valence-electron chi connectivity index (χ1n) is 5.87. The van der Waals surface area contributed by atoms with Gasteiger partial charge in [0.25, 0.3) is 5.69 Å². The SMILES string of the molecule is COC(=O)CCc1csc(-c2ccccc2[N+](=O)[O-])n1. The Labute approximate surface area is 119 Å². The highest BCUT2D eigenvalue weighted by Gasteiger charge is 2.17. The zero-order chi connectivity index (χ0) is 14.5. The number of aryl methyl sites for hydroxylation is 1. The first-order valence-corrected chi connectivity index (χ1v) is 6.75. The van der Waals surface area contributed by atoms with E-state index in [9.17, 15) is 14.9 Å². The van der Waals surface area contributed by atoms with Crippen molar-refractivity contribution in [1.82, 2.24) is 4.98 Å². The summed E-state index contributed by atoms with van der Waals surface area (Å²) < 4.78 is 4.56. The number of aromatic nitrogens is 1. The van der Waals surface area contributed by atoms with Crippen LogP contribution < -0.4 is 0 Å². The first-order chi connectivity index (χ1) is 9.61. The molecule has 0 saturated carbocycles. The molecule has 1 aromatic carbocycles. The van der Waals surface area contributed by atoms with Gasteiger partial charge in [-0.25, -0.2) is 4.98 Å². The van der Waals surface area contributed by atoms with Gasteiger partial charge in [-0.2, -0.15) is 0 Å². The molecule has 0 bridgehead atoms. The van der Waals surface area contributed by atoms with E-state index in [0.29, 0.717) is 17.0 Å². The Balaban J connectivity index is 2.21. The van der Waals surface area contributed by atoms with Crippen molar-refractivity contribution in [3.05, 3.63) is 45.5 Å². The number of esters is 1. The maximum atomic E-state index is 11.1. The Morgan fingerprint density at radius 2 is 2.20 bits per heavy atom. The summed E-state index contributed by atoms with van der Waals surface area (Å²) in [5, 5.41) is 13.4. The number of para-hydroxylation sites is 1. The number of nitro benzene ring substituents is 1. The second-order valence-corrected chi connectivity index (χ2v) is 4.85. The van der Waals surface area contributed by atoms with Crippen molar-refractivity contribution >= 4 is 23.0 Å². The third-order valence-corrected chi connectivity index (χ3v) is 3.62. The van der Waals surface area contributed by atoms with E-state index < -0.39 is 4.92 Å². The van der Waals surface area contributed by atoms with Crippen molar-refractivity contribution in [2.75, 3.05) is 7.11 Å². The molecular formula is C13H12N2O4S. The lowest BCUT2D eigenvalue weighted by molar-refractivity contribution is -0.384. The Morgan fingerprint density at radius 1 is 1.45 bits per heavy atom. The van der Waals surface area contributed by atoms with Crippen LogP contribution >= 0.6 is 11.3 Å². The van der Waals surface area contributed by atoms with Crippen molar-refractivity contribution < 1.29 is 14.5 Å². The fourth-order valence-corrected chi connectivity index (χ4v) is 2.58. The number of hydrogen-bond donors (Lipinski definition) is 0. The largest absolute Gasteiger partial charge is 0.469 e. The van der Waals surface area contributed by atoms with Crippen LogP contribution in [0.3, 0.4) is 0 Å². The number of nitrogens with zero attached hydrogens (tertiary/aromatic N) is 2. The summed E-state index contributed by atoms with van der Waals surface area (Å²) in [6.45, 7) is 0. The Morgan fingerprint density at radius 3 is 2.90 bits per heavy atom. The van der Waals surface area contributed by atoms with E-state index in [-0.39, 0.29) is 18.1 Å². The van der Waals surface area contributed by atoms with Gasteiger partial charge in [0.05, 0.1) is 29.7 Å². The predicted octanol–water partition coefficient (Wildman–Crippen LogP) is 2.82. The number of nitro groups is 1. The number of thiazole rings is 1. The van der Waals surface area contributed by atoms with Crippen molar-refractivity contribution in [3.63, 3.8) is 0 Å². The Kier molecular flexibility index (Phi) is 4.41. The average Bonchev–Trinajstić information content (AvgIpc) is 2.93. The van der Waals surface area contributed by atoms with Gasteiger partial charge in [-0.15, -0.1) is 11.3 Å². The van der Waals surface area contributed by atoms with Gasteiger partial charge >= 0.3 is 5.97 Å². The lowest BCUT2D eigenvalue weighted by atomic mass is 10.2. The minimum atomic E-state index is -0.426. The van der Waals surface area contributed by atoms with Crippen molar-refractivity contribution in [2.24, 2.45) is 0 Å². The van der Waals surface area contributed by atoms with Gasteiger partial charge in [0.1, 0.15) is 5.01 Å². The summed E-state index contributed by atoms with van der Waals surface area (Å²) in [5.41, 5.74) is 1.25. The summed E-state index contributed by atoms with van der Waals surface area (Å²) in [7, 11) is 1.34. The van der Waals surface area contributed by atoms with Gasteiger partial charge < -0.3 is 4.74 Å². The van der Waals surface area contributed by atoms with E-state index in [1.807, 2.05) is 0 Å². The van der Waals surface area contributed by atoms with E-state index in [4.69, 9.17) is 0 Å². The number of ether oxygens (including phenoxy) is 1. The molecule has 0 radical (unpaired) electrons. The van der Waals surface area contributed by atoms with Crippen LogP contribution in [0.15, 0.2) is 29.6 Å². The number of rotatable bonds is 5. The average molecular weight is 292 g/mol. The Hall–Kier alpha value is -2.28. The quantitative estimate of drug-likeness (QED) is 0.481. The number of carbonyl (C=O) groups excluding carboxylic acids is 1. The van der Waals surface area contributed by atoms with Crippen LogP contribution in [0.25, 0.3) is 10.6 Å². The van der Waals surface area contributed by atoms with Gasteiger partial charge in [-0.1, -0.05) is 12.1 Å². The maximum Gasteiger partial charge on any atom is 0.305 e. The van der Waals surface area contributed by atoms with Gasteiger partial charge in [0.15, 0.2) is 0 Å². The first kappa shape index (κ1) is 14.1. The molecule has 0 spiro atoms. The molecule has 2 aromatic rings. The zero-order valence-electron chi connectivity index (χ0n) is 10.7. The molecule has 0 aliphatic carbocycles. The number of carbonyl (C=O) groups is 1. The molecule has 2 rings (SSSR count). The van der Waals surface area contributed by atoms with Gasteiger partial charge in [-0.3, -0.25) is 14.9 Å². The van der Waals surface area contributed by atoms with Gasteiger partial charge in [0, 0.05) is 17.9 Å². The van der Waals surface area contributed by atoms with Gasteiger partial charge in [0.2, 0.25) is 0 Å². The molecule has 0 aliphatic rings. The summed E-state index contributed by atoms with van der Waals surface area (Å²) >= 11 is 1.33. The third-order valence-electron chi connectivity index (χ3n) is 2.70. The van der Waals surface area contributed by atoms with E-state index in [1.165, 1.54) is 24.5 Å². The number of hydrogen-bond acceptors (Lipinski definition) is 6. The highest BCUT2D eigenvalue weighted by atomic mass is 32.1. The van der Waals surface area contributed by atoms with Crippen LogP contribution in [-0.2, 0) is 16.0 Å². The summed E-state index contributed by atoms with van der Waals surface area (Å²) in [4.78, 5) is 26.0. The highest BCUT2D eigenvalue weighted by molar-refractivity contribution is 7.13. The standard InChI is InChI=1S/C13H12N2O4S/c1-19-12(16)7-6-9-8-20-13(14-9)10-4-2-3-5-11(10)15(17)18/h2-5,8H,6-7H2,1H3. The molecule has 0 fully saturated rings. The fourth-order valence-electron chi connectivity index (χ4n) is 1.69. The van der Waals surface area contributed by atoms with Crippen LogP contribution in [-0.4, -0.2) is 23.0 Å². The maximum absolute atomic E-state index is 11.1. The van der Waals surface area contributed by atoms with E-state index >= 15 is 0 Å². The predicted molar refractivity (Wildman–Crippen MR) is 74.5 cm³/mol. The van der Waals surface area contributed by atoms with Crippen LogP contribution in [0.2, 0.25) is 0 Å². The number of methoxy groups -OCH3 is 1. The van der Waals surface area contributed by atoms with E-state index in [1.54, 1.807) is 23.6 Å². The fraction of sp³-hybridized carbons (Fsp3) is 0.231. The molecule has 20 heavy (non-hydrogen) atoms. The van der Waals surface area contributed by atoms with Crippen LogP contribution in [0.1, 0.15) is 12.1 Å². The summed E-state index contributed by atoms with van der Waals surface area (Å²) in [6, 6.07) is 6.47. The van der Waals surface area contributed by atoms with E-state index in [2.05, 4.69) is 9.72 Å². The minimum absolute atomic E-state index is 0.0290. The molecule has 0 amide bonds. The topological polar surface area (TPSA) is 82.3 Å². The smallest absolute Gasteiger partial charge is 0.305 e. The molecule has 7 heteroatoms. The van der Waals surface area contributed by atoms with Gasteiger partial charge in [-0.05, 0) is 6.07 Å². The Bertz CT molecular complexity index is 639. The minimum Gasteiger partial charge on any atom is -0.469 e. The molecule has 0 atom stereocenters. The molecule has 1 heterocycles. The lowest BCUT2D eigenvalue weighted by Crippen LogP contribution is -2.02. The van der Waals surface area contributed by atoms with Crippen LogP contribution in [0, 0.1) is 10.1 Å². The molecule has 104 valence electrons. The normalized spacial score (nSPS) is 10.2. The van der Waals surface area contributed by atoms with E-state index in [0.717, 1.165) is 5.69 Å². The molecule has 1 aromatic heterocycles. The van der Waals surface area contributed by atoms with Crippen LogP contribution in [0.5, 0.6) is 0 Å². The zero-order valence-corrected chi connectivity index (χ0v) is 11.6. The van der Waals surface area contributed by atoms with Crippen molar-refractivity contribution in [1.29, 1.82) is 0 Å². The molecule has 0 N–H and O–H groups in total. The molecular weight excluding hydrogens is 280 g/mol. The molecule has 0 saturated heterocycles. The molecule has 0 aliphatic heterocycles. The van der Waals surface area contributed by atoms with Crippen LogP contribution in [0.4, 0.5) is 5.69 Å². The van der Waals surface area contributed by atoms with Crippen molar-refractivity contribution in [2.45, 2.75) is 12.8 Å². The lowest BCUT2D eigenvalue weighted by Gasteiger charge is -1.98. The monoisotopic (exact) mass is 292 g/mol. The molecule has 6 nitrogen and oxygen atoms in total. The van der Waals surface area contributed by atoms with Crippen molar-refractivity contribution in [3.8, 4) is 10.6 Å².